The van der Waals surface area contributed by atoms with Crippen molar-refractivity contribution < 1.29 is 35.6 Å². The van der Waals surface area contributed by atoms with E-state index in [-0.39, 0.29) is 41.8 Å². The van der Waals surface area contributed by atoms with Crippen LogP contribution in [0.2, 0.25) is 0 Å². The zero-order chi connectivity index (χ0) is 33.7. The van der Waals surface area contributed by atoms with E-state index in [4.69, 9.17) is 0 Å². The molecule has 2 saturated heterocycles. The molecule has 5 rings (SSSR count). The number of hydrogen-bond donors (Lipinski definition) is 3. The lowest BCUT2D eigenvalue weighted by Crippen LogP contribution is -2.57. The van der Waals surface area contributed by atoms with Gasteiger partial charge in [0.05, 0.1) is 18.1 Å². The van der Waals surface area contributed by atoms with E-state index in [1.165, 1.54) is 26.9 Å². The SMILES string of the molecule is CC(=O)NC(C(=O)Nc1cncc(F)c1CC[C@H]1CNCCN1S(=O)(=O)N1CCCC1)C(c1ccc(F)cc1)c1cc(F)cc(F)c1. The van der Waals surface area contributed by atoms with Crippen LogP contribution in [0.1, 0.15) is 48.8 Å². The first kappa shape index (κ1) is 34.4. The van der Waals surface area contributed by atoms with E-state index in [1.807, 2.05) is 0 Å². The molecule has 3 N–H and O–H groups in total. The number of carbonyl (C=O) groups excluding carboxylic acids is 2. The molecule has 252 valence electrons. The monoisotopic (exact) mass is 676 g/mol. The predicted molar refractivity (Wildman–Crippen MR) is 166 cm³/mol. The van der Waals surface area contributed by atoms with Gasteiger partial charge in [0.15, 0.2) is 0 Å². The molecule has 2 amide bonds. The molecule has 0 spiro atoms. The first-order chi connectivity index (χ1) is 22.4. The fourth-order valence-corrected chi connectivity index (χ4v) is 8.12. The normalized spacial score (nSPS) is 18.9. The number of hydrogen-bond acceptors (Lipinski definition) is 6. The molecule has 3 heterocycles. The molecular formula is C32H36F4N6O4S. The number of nitrogens with zero attached hydrogens (tertiary/aromatic N) is 3. The average molecular weight is 677 g/mol. The van der Waals surface area contributed by atoms with Gasteiger partial charge >= 0.3 is 0 Å². The smallest absolute Gasteiger partial charge is 0.282 e. The highest BCUT2D eigenvalue weighted by Crippen LogP contribution is 2.32. The molecule has 10 nitrogen and oxygen atoms in total. The van der Waals surface area contributed by atoms with E-state index in [9.17, 15) is 31.2 Å². The highest BCUT2D eigenvalue weighted by molar-refractivity contribution is 7.86. The summed E-state index contributed by atoms with van der Waals surface area (Å²) >= 11 is 0. The molecule has 2 aliphatic rings. The summed E-state index contributed by atoms with van der Waals surface area (Å²) in [6.07, 6.45) is 4.04. The second-order valence-corrected chi connectivity index (χ2v) is 13.5. The van der Waals surface area contributed by atoms with Crippen molar-refractivity contribution >= 4 is 27.7 Å². The average Bonchev–Trinajstić information content (AvgIpc) is 3.57. The topological polar surface area (TPSA) is 124 Å². The van der Waals surface area contributed by atoms with Crippen molar-refractivity contribution in [3.63, 3.8) is 0 Å². The molecule has 0 radical (unpaired) electrons. The molecule has 15 heteroatoms. The van der Waals surface area contributed by atoms with Crippen LogP contribution in [0, 0.1) is 23.3 Å². The zero-order valence-corrected chi connectivity index (χ0v) is 26.5. The van der Waals surface area contributed by atoms with Gasteiger partial charge in [-0.2, -0.15) is 17.0 Å². The fourth-order valence-electron chi connectivity index (χ4n) is 6.23. The minimum absolute atomic E-state index is 0.00954. The Hall–Kier alpha value is -3.92. The van der Waals surface area contributed by atoms with Crippen LogP contribution < -0.4 is 16.0 Å². The Morgan fingerprint density at radius 3 is 2.30 bits per heavy atom. The molecule has 47 heavy (non-hydrogen) atoms. The molecule has 2 unspecified atom stereocenters. The molecule has 0 aliphatic carbocycles. The first-order valence-corrected chi connectivity index (χ1v) is 16.7. The van der Waals surface area contributed by atoms with Crippen LogP contribution in [-0.4, -0.2) is 78.6 Å². The first-order valence-electron chi connectivity index (χ1n) is 15.3. The van der Waals surface area contributed by atoms with Gasteiger partial charge in [0, 0.05) is 63.2 Å². The van der Waals surface area contributed by atoms with Crippen LogP contribution in [0.15, 0.2) is 54.9 Å². The second kappa shape index (κ2) is 14.9. The molecular weight excluding hydrogens is 640 g/mol. The quantitative estimate of drug-likeness (QED) is 0.268. The number of nitrogens with one attached hydrogen (secondary N) is 3. The minimum Gasteiger partial charge on any atom is -0.344 e. The number of amides is 2. The number of piperazine rings is 1. The largest absolute Gasteiger partial charge is 0.344 e. The van der Waals surface area contributed by atoms with Crippen molar-refractivity contribution in [2.45, 2.75) is 50.6 Å². The summed E-state index contributed by atoms with van der Waals surface area (Å²) in [6.45, 7) is 3.15. The Balaban J connectivity index is 1.43. The van der Waals surface area contributed by atoms with Crippen LogP contribution in [-0.2, 0) is 26.2 Å². The number of halogens is 4. The Morgan fingerprint density at radius 2 is 1.64 bits per heavy atom. The summed E-state index contributed by atoms with van der Waals surface area (Å²) in [5, 5.41) is 8.34. The maximum absolute atomic E-state index is 15.3. The fraction of sp³-hybridized carbons (Fsp3) is 0.406. The lowest BCUT2D eigenvalue weighted by molar-refractivity contribution is -0.125. The highest BCUT2D eigenvalue weighted by atomic mass is 32.2. The third kappa shape index (κ3) is 8.15. The number of aromatic nitrogens is 1. The molecule has 2 aromatic carbocycles. The van der Waals surface area contributed by atoms with Crippen LogP contribution in [0.4, 0.5) is 23.2 Å². The van der Waals surface area contributed by atoms with Crippen molar-refractivity contribution in [1.82, 2.24) is 24.2 Å². The van der Waals surface area contributed by atoms with Crippen LogP contribution in [0.3, 0.4) is 0 Å². The van der Waals surface area contributed by atoms with Crippen molar-refractivity contribution in [2.24, 2.45) is 0 Å². The molecule has 3 aromatic rings. The number of anilines is 1. The molecule has 1 aromatic heterocycles. The molecule has 0 bridgehead atoms. The van der Waals surface area contributed by atoms with Crippen molar-refractivity contribution in [3.05, 3.63) is 94.8 Å². The van der Waals surface area contributed by atoms with E-state index < -0.39 is 63.3 Å². The molecule has 3 atom stereocenters. The number of benzene rings is 2. The molecule has 2 aliphatic heterocycles. The molecule has 2 fully saturated rings. The summed E-state index contributed by atoms with van der Waals surface area (Å²) in [7, 11) is -3.71. The second-order valence-electron chi connectivity index (χ2n) is 11.7. The van der Waals surface area contributed by atoms with Crippen LogP contribution in [0.25, 0.3) is 0 Å². The van der Waals surface area contributed by atoms with E-state index in [0.717, 1.165) is 50.2 Å². The third-order valence-electron chi connectivity index (χ3n) is 8.42. The van der Waals surface area contributed by atoms with Crippen molar-refractivity contribution in [3.8, 4) is 0 Å². The summed E-state index contributed by atoms with van der Waals surface area (Å²) in [4.78, 5) is 30.1. The van der Waals surface area contributed by atoms with E-state index >= 15 is 4.39 Å². The summed E-state index contributed by atoms with van der Waals surface area (Å²) in [5.41, 5.74) is 0.303. The van der Waals surface area contributed by atoms with Gasteiger partial charge in [0.1, 0.15) is 29.3 Å². The lowest BCUT2D eigenvalue weighted by Gasteiger charge is -2.37. The van der Waals surface area contributed by atoms with Gasteiger partial charge in [0.2, 0.25) is 11.8 Å². The van der Waals surface area contributed by atoms with Crippen molar-refractivity contribution in [2.75, 3.05) is 38.0 Å². The summed E-state index contributed by atoms with van der Waals surface area (Å²) < 4.78 is 87.6. The van der Waals surface area contributed by atoms with E-state index in [1.54, 1.807) is 0 Å². The maximum Gasteiger partial charge on any atom is 0.282 e. The predicted octanol–water partition coefficient (Wildman–Crippen LogP) is 3.46. The number of pyridine rings is 1. The zero-order valence-electron chi connectivity index (χ0n) is 25.7. The van der Waals surface area contributed by atoms with Gasteiger partial charge in [-0.05, 0) is 61.1 Å². The Labute approximate surface area is 270 Å². The van der Waals surface area contributed by atoms with E-state index in [2.05, 4.69) is 20.9 Å². The van der Waals surface area contributed by atoms with Gasteiger partial charge in [-0.15, -0.1) is 0 Å². The highest BCUT2D eigenvalue weighted by Gasteiger charge is 2.38. The molecule has 0 saturated carbocycles. The van der Waals surface area contributed by atoms with Gasteiger partial charge in [-0.25, -0.2) is 17.6 Å². The Morgan fingerprint density at radius 1 is 0.957 bits per heavy atom. The summed E-state index contributed by atoms with van der Waals surface area (Å²) in [5.74, 6) is -5.87. The van der Waals surface area contributed by atoms with Gasteiger partial charge in [0.25, 0.3) is 10.2 Å². The lowest BCUT2D eigenvalue weighted by atomic mass is 9.84. The number of rotatable bonds is 11. The van der Waals surface area contributed by atoms with Crippen molar-refractivity contribution in [1.29, 1.82) is 0 Å². The standard InChI is InChI=1S/C32H36F4N6O4S/c1-20(43)39-31(30(21-4-6-23(33)7-5-21)22-14-24(34)16-25(35)15-22)32(44)40-29-19-38-18-28(36)27(29)9-8-26-17-37-10-13-42(26)47(45,46)41-11-2-3-12-41/h4-7,14-16,18-19,26,30-31,37H,2-3,8-13,17H2,1H3,(H,39,43)(H,40,44)/t26-,30?,31?/m0/s1. The van der Waals surface area contributed by atoms with Gasteiger partial charge in [-0.3, -0.25) is 14.6 Å². The van der Waals surface area contributed by atoms with Gasteiger partial charge in [-0.1, -0.05) is 12.1 Å². The van der Waals surface area contributed by atoms with Crippen LogP contribution >= 0.6 is 0 Å². The van der Waals surface area contributed by atoms with Crippen LogP contribution in [0.5, 0.6) is 0 Å². The third-order valence-corrected chi connectivity index (χ3v) is 10.5. The Kier molecular flexibility index (Phi) is 10.9. The number of carbonyl (C=O) groups is 2. The maximum atomic E-state index is 15.3. The van der Waals surface area contributed by atoms with E-state index in [0.29, 0.717) is 32.2 Å². The summed E-state index contributed by atoms with van der Waals surface area (Å²) in [6, 6.07) is 5.60. The Bertz CT molecular complexity index is 1690. The minimum atomic E-state index is -3.71. The van der Waals surface area contributed by atoms with Gasteiger partial charge < -0.3 is 16.0 Å².